The minimum atomic E-state index is -0.507. The zero-order chi connectivity index (χ0) is 23.5. The average Bonchev–Trinajstić information content (AvgIpc) is 3.36. The molecule has 0 radical (unpaired) electrons. The van der Waals surface area contributed by atoms with Crippen molar-refractivity contribution >= 4 is 10.9 Å². The number of nitrogens with one attached hydrogen (secondary N) is 1. The molecule has 2 heteroatoms. The fourth-order valence-corrected chi connectivity index (χ4v) is 5.12. The fraction of sp³-hybridized carbons (Fsp3) is 0.0303. The number of H-pyrrole nitrogens is 1. The van der Waals surface area contributed by atoms with Gasteiger partial charge in [0, 0.05) is 17.1 Å². The zero-order valence-electron chi connectivity index (χ0n) is 19.3. The lowest BCUT2D eigenvalue weighted by Gasteiger charge is -2.36. The molecule has 1 aromatic heterocycles. The predicted octanol–water partition coefficient (Wildman–Crippen LogP) is 8.34. The summed E-state index contributed by atoms with van der Waals surface area (Å²) in [6, 6.07) is 48.5. The molecule has 0 unspecified atom stereocenters. The second kappa shape index (κ2) is 9.00. The number of ether oxygens (including phenoxy) is 1. The topological polar surface area (TPSA) is 25.0 Å². The molecule has 168 valence electrons. The van der Waals surface area contributed by atoms with Crippen molar-refractivity contribution in [3.63, 3.8) is 0 Å². The third-order valence-electron chi connectivity index (χ3n) is 6.67. The Balaban J connectivity index is 1.60. The van der Waals surface area contributed by atoms with Gasteiger partial charge in [0.15, 0.2) is 0 Å². The molecule has 1 heterocycles. The van der Waals surface area contributed by atoms with Crippen molar-refractivity contribution in [3.05, 3.63) is 168 Å². The molecule has 0 bridgehead atoms. The van der Waals surface area contributed by atoms with Crippen molar-refractivity contribution in [2.24, 2.45) is 0 Å². The maximum absolute atomic E-state index is 6.11. The molecule has 0 aliphatic heterocycles. The average molecular weight is 452 g/mol. The van der Waals surface area contributed by atoms with Crippen LogP contribution in [0.25, 0.3) is 10.9 Å². The highest BCUT2D eigenvalue weighted by Crippen LogP contribution is 2.47. The minimum absolute atomic E-state index is 0.507. The molecule has 0 amide bonds. The Bertz CT molecular complexity index is 1500. The lowest BCUT2D eigenvalue weighted by atomic mass is 9.65. The molecule has 5 aromatic carbocycles. The van der Waals surface area contributed by atoms with Crippen molar-refractivity contribution < 1.29 is 4.74 Å². The highest BCUT2D eigenvalue weighted by atomic mass is 16.5. The number of fused-ring (bicyclic) bond motifs is 1. The minimum Gasteiger partial charge on any atom is -0.457 e. The number of rotatable bonds is 6. The van der Waals surface area contributed by atoms with E-state index in [0.29, 0.717) is 0 Å². The van der Waals surface area contributed by atoms with E-state index in [0.717, 1.165) is 17.0 Å². The van der Waals surface area contributed by atoms with Crippen LogP contribution in [0, 0.1) is 0 Å². The highest BCUT2D eigenvalue weighted by Gasteiger charge is 2.40. The smallest absolute Gasteiger partial charge is 0.127 e. The molecule has 0 fully saturated rings. The van der Waals surface area contributed by atoms with E-state index < -0.39 is 5.41 Å². The molecular weight excluding hydrogens is 426 g/mol. The highest BCUT2D eigenvalue weighted by molar-refractivity contribution is 5.87. The van der Waals surface area contributed by atoms with Crippen LogP contribution in [0.3, 0.4) is 0 Å². The Hall–Kier alpha value is -4.56. The first kappa shape index (κ1) is 21.0. The second-order valence-corrected chi connectivity index (χ2v) is 8.67. The third-order valence-corrected chi connectivity index (χ3v) is 6.67. The molecule has 2 nitrogen and oxygen atoms in total. The van der Waals surface area contributed by atoms with E-state index in [1.54, 1.807) is 0 Å². The van der Waals surface area contributed by atoms with E-state index in [2.05, 4.69) is 120 Å². The van der Waals surface area contributed by atoms with Gasteiger partial charge in [0.05, 0.1) is 5.41 Å². The lowest BCUT2D eigenvalue weighted by Crippen LogP contribution is -2.30. The number of hydrogen-bond acceptors (Lipinski definition) is 1. The third kappa shape index (κ3) is 3.70. The summed E-state index contributed by atoms with van der Waals surface area (Å²) in [6.45, 7) is 0. The Morgan fingerprint density at radius 2 is 0.943 bits per heavy atom. The summed E-state index contributed by atoms with van der Waals surface area (Å²) < 4.78 is 6.11. The molecule has 0 spiro atoms. The number of hydrogen-bond donors (Lipinski definition) is 1. The Morgan fingerprint density at radius 3 is 1.57 bits per heavy atom. The number of aromatic amines is 1. The van der Waals surface area contributed by atoms with Crippen LogP contribution in [0.4, 0.5) is 0 Å². The van der Waals surface area contributed by atoms with Gasteiger partial charge in [-0.2, -0.15) is 0 Å². The van der Waals surface area contributed by atoms with Gasteiger partial charge in [0.2, 0.25) is 0 Å². The normalized spacial score (nSPS) is 11.4. The standard InChI is InChI=1S/C33H25NO/c1-4-12-25(13-5-1)33(26-14-6-2-7-15-26,31-24-34-32-19-11-10-18-30(31)32)27-20-22-29(23-21-27)35-28-16-8-3-9-17-28/h1-24,34H. The SMILES string of the molecule is c1ccc(Oc2ccc(C(c3ccccc3)(c3ccccc3)c3c[nH]c4ccccc34)cc2)cc1. The summed E-state index contributed by atoms with van der Waals surface area (Å²) in [5, 5.41) is 1.21. The van der Waals surface area contributed by atoms with Gasteiger partial charge in [-0.05, 0) is 52.6 Å². The molecule has 1 N–H and O–H groups in total. The molecular formula is C33H25NO. The van der Waals surface area contributed by atoms with Crippen LogP contribution in [-0.4, -0.2) is 4.98 Å². The summed E-state index contributed by atoms with van der Waals surface area (Å²) in [6.07, 6.45) is 2.17. The Kier molecular flexibility index (Phi) is 5.40. The molecule has 35 heavy (non-hydrogen) atoms. The molecule has 0 aliphatic rings. The summed E-state index contributed by atoms with van der Waals surface area (Å²) in [7, 11) is 0. The van der Waals surface area contributed by atoms with E-state index in [9.17, 15) is 0 Å². The monoisotopic (exact) mass is 451 g/mol. The van der Waals surface area contributed by atoms with Gasteiger partial charge in [-0.15, -0.1) is 0 Å². The zero-order valence-corrected chi connectivity index (χ0v) is 19.3. The molecule has 0 saturated carbocycles. The fourth-order valence-electron chi connectivity index (χ4n) is 5.12. The van der Waals surface area contributed by atoms with Gasteiger partial charge in [-0.3, -0.25) is 0 Å². The van der Waals surface area contributed by atoms with Gasteiger partial charge >= 0.3 is 0 Å². The van der Waals surface area contributed by atoms with Gasteiger partial charge in [0.1, 0.15) is 11.5 Å². The van der Waals surface area contributed by atoms with E-state index in [4.69, 9.17) is 4.74 Å². The summed E-state index contributed by atoms with van der Waals surface area (Å²) in [4.78, 5) is 3.52. The summed E-state index contributed by atoms with van der Waals surface area (Å²) >= 11 is 0. The number of benzene rings is 5. The van der Waals surface area contributed by atoms with Gasteiger partial charge in [-0.25, -0.2) is 0 Å². The van der Waals surface area contributed by atoms with E-state index in [1.807, 2.05) is 30.3 Å². The van der Waals surface area contributed by atoms with Crippen LogP contribution in [0.1, 0.15) is 22.3 Å². The van der Waals surface area contributed by atoms with Crippen molar-refractivity contribution in [3.8, 4) is 11.5 Å². The van der Waals surface area contributed by atoms with Crippen LogP contribution in [0.15, 0.2) is 146 Å². The van der Waals surface area contributed by atoms with Crippen LogP contribution < -0.4 is 4.74 Å². The summed E-state index contributed by atoms with van der Waals surface area (Å²) in [5.41, 5.74) is 5.46. The Labute approximate surface area is 205 Å². The molecule has 0 saturated heterocycles. The van der Waals surface area contributed by atoms with E-state index >= 15 is 0 Å². The molecule has 6 rings (SSSR count). The van der Waals surface area contributed by atoms with Crippen molar-refractivity contribution in [2.45, 2.75) is 5.41 Å². The van der Waals surface area contributed by atoms with Gasteiger partial charge < -0.3 is 9.72 Å². The van der Waals surface area contributed by atoms with Crippen molar-refractivity contribution in [1.29, 1.82) is 0 Å². The molecule has 0 aliphatic carbocycles. The number of aromatic nitrogens is 1. The first-order chi connectivity index (χ1) is 17.4. The van der Waals surface area contributed by atoms with Gasteiger partial charge in [-0.1, -0.05) is 109 Å². The van der Waals surface area contributed by atoms with Crippen LogP contribution >= 0.6 is 0 Å². The van der Waals surface area contributed by atoms with Crippen LogP contribution in [-0.2, 0) is 5.41 Å². The van der Waals surface area contributed by atoms with E-state index in [1.165, 1.54) is 27.6 Å². The first-order valence-corrected chi connectivity index (χ1v) is 11.9. The Morgan fingerprint density at radius 1 is 0.457 bits per heavy atom. The maximum atomic E-state index is 6.11. The summed E-state index contributed by atoms with van der Waals surface area (Å²) in [5.74, 6) is 1.64. The van der Waals surface area contributed by atoms with Crippen molar-refractivity contribution in [1.82, 2.24) is 4.98 Å². The van der Waals surface area contributed by atoms with Crippen LogP contribution in [0.2, 0.25) is 0 Å². The quantitative estimate of drug-likeness (QED) is 0.253. The lowest BCUT2D eigenvalue weighted by molar-refractivity contribution is 0.482. The van der Waals surface area contributed by atoms with Crippen molar-refractivity contribution in [2.75, 3.05) is 0 Å². The van der Waals surface area contributed by atoms with E-state index in [-0.39, 0.29) is 0 Å². The largest absolute Gasteiger partial charge is 0.457 e. The molecule has 0 atom stereocenters. The molecule has 6 aromatic rings. The maximum Gasteiger partial charge on any atom is 0.127 e. The first-order valence-electron chi connectivity index (χ1n) is 11.9. The van der Waals surface area contributed by atoms with Crippen LogP contribution in [0.5, 0.6) is 11.5 Å². The number of para-hydroxylation sites is 2. The van der Waals surface area contributed by atoms with Gasteiger partial charge in [0.25, 0.3) is 0 Å². The predicted molar refractivity (Wildman–Crippen MR) is 143 cm³/mol. The second-order valence-electron chi connectivity index (χ2n) is 8.67.